The van der Waals surface area contributed by atoms with Crippen LogP contribution in [-0.4, -0.2) is 74.0 Å². The van der Waals surface area contributed by atoms with Crippen LogP contribution in [0.1, 0.15) is 49.4 Å². The Morgan fingerprint density at radius 3 is 2.59 bits per heavy atom. The van der Waals surface area contributed by atoms with Gasteiger partial charge in [-0.05, 0) is 49.8 Å². The van der Waals surface area contributed by atoms with E-state index in [2.05, 4.69) is 5.32 Å². The molecule has 4 rings (SSSR count). The van der Waals surface area contributed by atoms with E-state index in [1.54, 1.807) is 11.5 Å². The lowest BCUT2D eigenvalue weighted by Crippen LogP contribution is -2.39. The van der Waals surface area contributed by atoms with Crippen LogP contribution in [0, 0.1) is 11.8 Å². The number of amides is 1. The number of ether oxygens (including phenoxy) is 4. The largest absolute Gasteiger partial charge is 0.459 e. The summed E-state index contributed by atoms with van der Waals surface area (Å²) in [4.78, 5) is 25.5. The van der Waals surface area contributed by atoms with E-state index in [4.69, 9.17) is 24.1 Å². The summed E-state index contributed by atoms with van der Waals surface area (Å²) in [6, 6.07) is 7.79. The number of allylic oxidation sites excluding steroid dienone is 1. The first-order valence-corrected chi connectivity index (χ1v) is 13.2. The molecule has 3 atom stereocenters. The monoisotopic (exact) mass is 514 g/mol. The van der Waals surface area contributed by atoms with Gasteiger partial charge in [-0.1, -0.05) is 18.2 Å². The summed E-state index contributed by atoms with van der Waals surface area (Å²) in [5, 5.41) is 12.8. The van der Waals surface area contributed by atoms with Gasteiger partial charge in [-0.15, -0.1) is 0 Å². The summed E-state index contributed by atoms with van der Waals surface area (Å²) in [6.45, 7) is 6.02. The lowest BCUT2D eigenvalue weighted by Gasteiger charge is -2.36. The fourth-order valence-electron chi connectivity index (χ4n) is 4.78. The van der Waals surface area contributed by atoms with Crippen LogP contribution < -0.4 is 5.32 Å². The van der Waals surface area contributed by atoms with Gasteiger partial charge in [0, 0.05) is 50.1 Å². The molecule has 2 aromatic rings. The van der Waals surface area contributed by atoms with Crippen molar-refractivity contribution in [1.29, 1.82) is 0 Å². The highest BCUT2D eigenvalue weighted by molar-refractivity contribution is 5.95. The quantitative estimate of drug-likeness (QED) is 0.373. The molecule has 1 aliphatic carbocycles. The molecule has 202 valence electrons. The molecule has 0 radical (unpaired) electrons. The minimum atomic E-state index is -0.643. The van der Waals surface area contributed by atoms with E-state index in [1.807, 2.05) is 43.5 Å². The molecule has 1 amide bonds. The van der Waals surface area contributed by atoms with Crippen molar-refractivity contribution < 1.29 is 33.6 Å². The fraction of sp³-hybridized carbons (Fsp3) is 0.571. The lowest BCUT2D eigenvalue weighted by atomic mass is 9.81. The maximum atomic E-state index is 13.1. The van der Waals surface area contributed by atoms with Crippen LogP contribution in [0.15, 0.2) is 42.3 Å². The average Bonchev–Trinajstić information content (AvgIpc) is 3.65. The summed E-state index contributed by atoms with van der Waals surface area (Å²) in [6.07, 6.45) is 6.00. The second-order valence-electron chi connectivity index (χ2n) is 9.54. The number of aliphatic hydroxyl groups is 1. The molecule has 9 heteroatoms. The second-order valence-corrected chi connectivity index (χ2v) is 9.54. The Morgan fingerprint density at radius 2 is 1.89 bits per heavy atom. The highest BCUT2D eigenvalue weighted by Gasteiger charge is 2.39. The molecule has 1 aromatic carbocycles. The third-order valence-electron chi connectivity index (χ3n) is 6.83. The van der Waals surface area contributed by atoms with Gasteiger partial charge in [-0.2, -0.15) is 0 Å². The predicted molar refractivity (Wildman–Crippen MR) is 138 cm³/mol. The first-order chi connectivity index (χ1) is 18.0. The molecule has 2 aliphatic rings. The number of hydrogen-bond donors (Lipinski definition) is 2. The Balaban J connectivity index is 1.62. The van der Waals surface area contributed by atoms with Gasteiger partial charge in [0.1, 0.15) is 0 Å². The highest BCUT2D eigenvalue weighted by atomic mass is 16.7. The maximum Gasteiger partial charge on any atom is 0.286 e. The smallest absolute Gasteiger partial charge is 0.286 e. The Hall–Kier alpha value is -2.72. The first kappa shape index (κ1) is 27.3. The number of carbonyl (C=O) groups is 2. The molecule has 1 aliphatic heterocycles. The van der Waals surface area contributed by atoms with E-state index >= 15 is 0 Å². The topological polar surface area (TPSA) is 108 Å². The van der Waals surface area contributed by atoms with Crippen LogP contribution >= 0.6 is 0 Å². The normalized spacial score (nSPS) is 21.5. The van der Waals surface area contributed by atoms with Gasteiger partial charge in [0.25, 0.3) is 5.91 Å². The SMILES string of the molecule is CCO[C@@H]1OC(C(=O)NCC2CC2)=C[C@H](c2cn(C(C)=O)c3ccccc23)[C@H]1CCOCCOCCO. The van der Waals surface area contributed by atoms with E-state index in [0.29, 0.717) is 45.3 Å². The number of rotatable bonds is 14. The van der Waals surface area contributed by atoms with Crippen molar-refractivity contribution in [3.05, 3.63) is 47.9 Å². The van der Waals surface area contributed by atoms with E-state index in [9.17, 15) is 9.59 Å². The van der Waals surface area contributed by atoms with Crippen molar-refractivity contribution in [3.63, 3.8) is 0 Å². The zero-order valence-electron chi connectivity index (χ0n) is 21.7. The molecule has 0 unspecified atom stereocenters. The molecule has 0 saturated heterocycles. The molecular weight excluding hydrogens is 476 g/mol. The average molecular weight is 515 g/mol. The van der Waals surface area contributed by atoms with E-state index in [0.717, 1.165) is 29.3 Å². The number of nitrogens with zero attached hydrogens (tertiary/aromatic N) is 1. The molecule has 2 heterocycles. The Labute approximate surface area is 217 Å². The summed E-state index contributed by atoms with van der Waals surface area (Å²) in [5.41, 5.74) is 1.77. The molecule has 0 spiro atoms. The second kappa shape index (κ2) is 13.2. The Morgan fingerprint density at radius 1 is 1.14 bits per heavy atom. The van der Waals surface area contributed by atoms with E-state index in [1.165, 1.54) is 0 Å². The van der Waals surface area contributed by atoms with Gasteiger partial charge in [0.05, 0.1) is 31.9 Å². The summed E-state index contributed by atoms with van der Waals surface area (Å²) in [5.74, 6) is 0.0959. The van der Waals surface area contributed by atoms with Gasteiger partial charge < -0.3 is 29.4 Å². The third kappa shape index (κ3) is 6.98. The summed E-state index contributed by atoms with van der Waals surface area (Å²) >= 11 is 0. The number of benzene rings is 1. The number of aliphatic hydroxyl groups excluding tert-OH is 1. The molecule has 2 N–H and O–H groups in total. The van der Waals surface area contributed by atoms with Crippen LogP contribution in [0.25, 0.3) is 10.9 Å². The number of nitrogens with one attached hydrogen (secondary N) is 1. The number of fused-ring (bicyclic) bond motifs is 1. The Bertz CT molecular complexity index is 1090. The van der Waals surface area contributed by atoms with Gasteiger partial charge >= 0.3 is 0 Å². The van der Waals surface area contributed by atoms with Crippen molar-refractivity contribution in [1.82, 2.24) is 9.88 Å². The molecule has 1 saturated carbocycles. The van der Waals surface area contributed by atoms with Crippen LogP contribution in [0.3, 0.4) is 0 Å². The van der Waals surface area contributed by atoms with Crippen molar-refractivity contribution in [2.75, 3.05) is 46.2 Å². The minimum Gasteiger partial charge on any atom is -0.459 e. The molecule has 0 bridgehead atoms. The molecular formula is C28H38N2O7. The summed E-state index contributed by atoms with van der Waals surface area (Å²) in [7, 11) is 0. The van der Waals surface area contributed by atoms with Crippen LogP contribution in [0.2, 0.25) is 0 Å². The highest BCUT2D eigenvalue weighted by Crippen LogP contribution is 2.42. The number of hydrogen-bond acceptors (Lipinski definition) is 7. The van der Waals surface area contributed by atoms with E-state index < -0.39 is 6.29 Å². The predicted octanol–water partition coefficient (Wildman–Crippen LogP) is 3.22. The maximum absolute atomic E-state index is 13.1. The lowest BCUT2D eigenvalue weighted by molar-refractivity contribution is -0.168. The van der Waals surface area contributed by atoms with Gasteiger partial charge in [-0.3, -0.25) is 14.2 Å². The molecule has 1 aromatic heterocycles. The number of para-hydroxylation sites is 1. The van der Waals surface area contributed by atoms with Gasteiger partial charge in [0.2, 0.25) is 12.2 Å². The molecule has 37 heavy (non-hydrogen) atoms. The number of carbonyl (C=O) groups excluding carboxylic acids is 2. The first-order valence-electron chi connectivity index (χ1n) is 13.2. The standard InChI is InChI=1S/C28H38N2O7/c1-3-36-28-22(10-12-34-14-15-35-13-11-31)23(16-26(37-28)27(33)29-17-20-8-9-20)24-18-30(19(2)32)25-7-5-4-6-21(24)25/h4-7,16,18,20,22-23,28,31H,3,8-15,17H2,1-2H3,(H,29,33)/t22-,23+,28-/m1/s1. The molecule has 1 fully saturated rings. The van der Waals surface area contributed by atoms with Crippen molar-refractivity contribution in [2.24, 2.45) is 11.8 Å². The minimum absolute atomic E-state index is 0.0199. The number of aromatic nitrogens is 1. The zero-order chi connectivity index (χ0) is 26.2. The molecule has 9 nitrogen and oxygen atoms in total. The van der Waals surface area contributed by atoms with Crippen LogP contribution in [-0.2, 0) is 23.7 Å². The van der Waals surface area contributed by atoms with Gasteiger partial charge in [0.15, 0.2) is 5.76 Å². The van der Waals surface area contributed by atoms with Gasteiger partial charge in [-0.25, -0.2) is 0 Å². The van der Waals surface area contributed by atoms with Crippen LogP contribution in [0.5, 0.6) is 0 Å². The fourth-order valence-corrected chi connectivity index (χ4v) is 4.78. The summed E-state index contributed by atoms with van der Waals surface area (Å²) < 4.78 is 24.9. The van der Waals surface area contributed by atoms with Crippen molar-refractivity contribution >= 4 is 22.7 Å². The Kier molecular flexibility index (Phi) is 9.74. The van der Waals surface area contributed by atoms with E-state index in [-0.39, 0.29) is 42.6 Å². The van der Waals surface area contributed by atoms with Crippen molar-refractivity contribution in [2.45, 2.75) is 45.3 Å². The van der Waals surface area contributed by atoms with Crippen molar-refractivity contribution in [3.8, 4) is 0 Å². The zero-order valence-corrected chi connectivity index (χ0v) is 21.7. The third-order valence-corrected chi connectivity index (χ3v) is 6.83. The van der Waals surface area contributed by atoms with Crippen LogP contribution in [0.4, 0.5) is 0 Å².